The highest BCUT2D eigenvalue weighted by atomic mass is 19.4. The minimum atomic E-state index is -4.24. The Labute approximate surface area is 81.4 Å². The molecule has 0 amide bonds. The predicted molar refractivity (Wildman–Crippen MR) is 49.1 cm³/mol. The fourth-order valence-electron chi connectivity index (χ4n) is 1.71. The molecule has 0 radical (unpaired) electrons. The minimum absolute atomic E-state index is 0.0751. The molecule has 0 heterocycles. The lowest BCUT2D eigenvalue weighted by atomic mass is 9.88. The molecule has 0 bridgehead atoms. The van der Waals surface area contributed by atoms with Gasteiger partial charge in [-0.3, -0.25) is 4.99 Å². The van der Waals surface area contributed by atoms with Crippen molar-refractivity contribution in [2.24, 2.45) is 16.6 Å². The summed E-state index contributed by atoms with van der Waals surface area (Å²) in [6.07, 6.45) is 0.780. The number of nitrogens with zero attached hydrogens (tertiary/aromatic N) is 1. The van der Waals surface area contributed by atoms with Crippen molar-refractivity contribution in [2.75, 3.05) is 6.54 Å². The topological polar surface area (TPSA) is 38.4 Å². The molecule has 2 nitrogen and oxygen atoms in total. The van der Waals surface area contributed by atoms with Crippen LogP contribution in [0.1, 0.15) is 32.1 Å². The van der Waals surface area contributed by atoms with Crippen molar-refractivity contribution in [1.29, 1.82) is 0 Å². The third-order valence-electron chi connectivity index (χ3n) is 2.46. The van der Waals surface area contributed by atoms with Gasteiger partial charge in [0.2, 0.25) is 0 Å². The van der Waals surface area contributed by atoms with Gasteiger partial charge in [0.1, 0.15) is 6.54 Å². The van der Waals surface area contributed by atoms with Gasteiger partial charge >= 0.3 is 6.18 Å². The third kappa shape index (κ3) is 3.98. The molecule has 0 saturated heterocycles. The van der Waals surface area contributed by atoms with Gasteiger partial charge in [0, 0.05) is 5.92 Å². The Bertz CT molecular complexity index is 205. The van der Waals surface area contributed by atoms with Crippen molar-refractivity contribution in [1.82, 2.24) is 0 Å². The van der Waals surface area contributed by atoms with E-state index >= 15 is 0 Å². The molecule has 0 aliphatic heterocycles. The summed E-state index contributed by atoms with van der Waals surface area (Å²) in [5.41, 5.74) is 5.51. The summed E-state index contributed by atoms with van der Waals surface area (Å²) in [7, 11) is 0. The molecule has 5 heteroatoms. The van der Waals surface area contributed by atoms with Crippen LogP contribution < -0.4 is 5.73 Å². The van der Waals surface area contributed by atoms with Crippen LogP contribution in [0.15, 0.2) is 4.99 Å². The number of aliphatic imine (C=N–C) groups is 1. The maximum atomic E-state index is 11.8. The van der Waals surface area contributed by atoms with Crippen molar-refractivity contribution < 1.29 is 13.2 Å². The molecule has 0 spiro atoms. The number of hydrogen-bond donors (Lipinski definition) is 1. The molecule has 14 heavy (non-hydrogen) atoms. The van der Waals surface area contributed by atoms with E-state index in [9.17, 15) is 13.2 Å². The van der Waals surface area contributed by atoms with Gasteiger partial charge in [-0.15, -0.1) is 0 Å². The molecule has 1 rings (SSSR count). The summed E-state index contributed by atoms with van der Waals surface area (Å²) < 4.78 is 35.5. The van der Waals surface area contributed by atoms with Crippen molar-refractivity contribution in [3.05, 3.63) is 0 Å². The quantitative estimate of drug-likeness (QED) is 0.549. The van der Waals surface area contributed by atoms with E-state index in [0.717, 1.165) is 32.1 Å². The Kier molecular flexibility index (Phi) is 3.77. The van der Waals surface area contributed by atoms with Crippen LogP contribution in [0.2, 0.25) is 0 Å². The first-order valence-electron chi connectivity index (χ1n) is 4.85. The molecule has 0 unspecified atom stereocenters. The van der Waals surface area contributed by atoms with Gasteiger partial charge in [0.25, 0.3) is 0 Å². The molecular weight excluding hydrogens is 193 g/mol. The van der Waals surface area contributed by atoms with Crippen LogP contribution >= 0.6 is 0 Å². The first-order chi connectivity index (χ1) is 6.49. The van der Waals surface area contributed by atoms with Crippen LogP contribution in [0.25, 0.3) is 0 Å². The highest BCUT2D eigenvalue weighted by Crippen LogP contribution is 2.24. The average molecular weight is 208 g/mol. The first kappa shape index (κ1) is 11.3. The molecule has 0 atom stereocenters. The summed E-state index contributed by atoms with van der Waals surface area (Å²) in [4.78, 5) is 3.39. The maximum absolute atomic E-state index is 11.8. The Balaban J connectivity index is 2.42. The first-order valence-corrected chi connectivity index (χ1v) is 4.85. The van der Waals surface area contributed by atoms with Crippen molar-refractivity contribution in [3.8, 4) is 0 Å². The molecule has 1 fully saturated rings. The zero-order valence-corrected chi connectivity index (χ0v) is 7.98. The van der Waals surface area contributed by atoms with Gasteiger partial charge in [-0.2, -0.15) is 13.2 Å². The van der Waals surface area contributed by atoms with Gasteiger partial charge in [0.05, 0.1) is 5.84 Å². The second-order valence-corrected chi connectivity index (χ2v) is 3.69. The number of hydrogen-bond acceptors (Lipinski definition) is 1. The van der Waals surface area contributed by atoms with E-state index in [4.69, 9.17) is 5.73 Å². The molecule has 1 aliphatic carbocycles. The lowest BCUT2D eigenvalue weighted by molar-refractivity contribution is -0.118. The summed E-state index contributed by atoms with van der Waals surface area (Å²) in [5.74, 6) is 0.258. The van der Waals surface area contributed by atoms with Crippen LogP contribution in [0.3, 0.4) is 0 Å². The van der Waals surface area contributed by atoms with Crippen LogP contribution in [0, 0.1) is 5.92 Å². The monoisotopic (exact) mass is 208 g/mol. The zero-order valence-electron chi connectivity index (χ0n) is 7.98. The van der Waals surface area contributed by atoms with Gasteiger partial charge < -0.3 is 5.73 Å². The molecule has 0 aromatic rings. The molecule has 0 aromatic carbocycles. The standard InChI is InChI=1S/C9H15F3N2/c10-9(11,12)6-14-8(13)7-4-2-1-3-5-7/h7H,1-6H2,(H2,13,14). The third-order valence-corrected chi connectivity index (χ3v) is 2.46. The molecule has 2 N–H and O–H groups in total. The van der Waals surface area contributed by atoms with Crippen molar-refractivity contribution >= 4 is 5.84 Å². The fraction of sp³-hybridized carbons (Fsp3) is 0.889. The summed E-state index contributed by atoms with van der Waals surface area (Å²) in [6, 6.07) is 0. The van der Waals surface area contributed by atoms with E-state index < -0.39 is 12.7 Å². The maximum Gasteiger partial charge on any atom is 0.408 e. The Morgan fingerprint density at radius 2 is 1.79 bits per heavy atom. The fourth-order valence-corrected chi connectivity index (χ4v) is 1.71. The highest BCUT2D eigenvalue weighted by Gasteiger charge is 2.27. The van der Waals surface area contributed by atoms with E-state index in [1.807, 2.05) is 0 Å². The Hall–Kier alpha value is -0.740. The number of amidine groups is 1. The summed E-state index contributed by atoms with van der Waals surface area (Å²) in [6.45, 7) is -1.14. The summed E-state index contributed by atoms with van der Waals surface area (Å²) >= 11 is 0. The number of nitrogens with two attached hydrogens (primary N) is 1. The van der Waals surface area contributed by atoms with Crippen LogP contribution in [0.5, 0.6) is 0 Å². The predicted octanol–water partition coefficient (Wildman–Crippen LogP) is 2.49. The SMILES string of the molecule is NC(=NCC(F)(F)F)C1CCCCC1. The largest absolute Gasteiger partial charge is 0.408 e. The van der Waals surface area contributed by atoms with Crippen LogP contribution in [-0.4, -0.2) is 18.6 Å². The van der Waals surface area contributed by atoms with Crippen molar-refractivity contribution in [3.63, 3.8) is 0 Å². The molecule has 82 valence electrons. The zero-order chi connectivity index (χ0) is 10.6. The smallest absolute Gasteiger partial charge is 0.387 e. The molecule has 0 aromatic heterocycles. The molecule has 1 aliphatic rings. The van der Waals surface area contributed by atoms with Crippen molar-refractivity contribution in [2.45, 2.75) is 38.3 Å². The Morgan fingerprint density at radius 3 is 2.29 bits per heavy atom. The lowest BCUT2D eigenvalue weighted by Gasteiger charge is -2.21. The second-order valence-electron chi connectivity index (χ2n) is 3.69. The number of alkyl halides is 3. The van der Waals surface area contributed by atoms with Gasteiger partial charge in [-0.25, -0.2) is 0 Å². The average Bonchev–Trinajstić information content (AvgIpc) is 2.14. The normalized spacial score (nSPS) is 21.2. The number of halogens is 3. The van der Waals surface area contributed by atoms with E-state index in [1.165, 1.54) is 0 Å². The van der Waals surface area contributed by atoms with E-state index in [-0.39, 0.29) is 11.8 Å². The highest BCUT2D eigenvalue weighted by molar-refractivity contribution is 5.82. The Morgan fingerprint density at radius 1 is 1.21 bits per heavy atom. The second kappa shape index (κ2) is 4.66. The van der Waals surface area contributed by atoms with E-state index in [2.05, 4.69) is 4.99 Å². The van der Waals surface area contributed by atoms with E-state index in [1.54, 1.807) is 0 Å². The molecule has 1 saturated carbocycles. The van der Waals surface area contributed by atoms with Gasteiger partial charge in [-0.05, 0) is 12.8 Å². The molecular formula is C9H15F3N2. The number of rotatable bonds is 2. The minimum Gasteiger partial charge on any atom is -0.387 e. The van der Waals surface area contributed by atoms with Gasteiger partial charge in [0.15, 0.2) is 0 Å². The lowest BCUT2D eigenvalue weighted by Crippen LogP contribution is -2.27. The van der Waals surface area contributed by atoms with E-state index in [0.29, 0.717) is 0 Å². The van der Waals surface area contributed by atoms with Crippen LogP contribution in [-0.2, 0) is 0 Å². The summed E-state index contributed by atoms with van der Waals surface area (Å²) in [5, 5.41) is 0. The van der Waals surface area contributed by atoms with Crippen LogP contribution in [0.4, 0.5) is 13.2 Å². The van der Waals surface area contributed by atoms with Gasteiger partial charge in [-0.1, -0.05) is 19.3 Å².